The van der Waals surface area contributed by atoms with Gasteiger partial charge in [-0.25, -0.2) is 14.0 Å². The van der Waals surface area contributed by atoms with E-state index in [4.69, 9.17) is 9.15 Å². The van der Waals surface area contributed by atoms with E-state index in [1.807, 2.05) is 4.90 Å². The van der Waals surface area contributed by atoms with Crippen LogP contribution in [0.15, 0.2) is 50.5 Å². The molecule has 3 aromatic rings. The number of nitrogens with one attached hydrogen (secondary N) is 1. The Labute approximate surface area is 198 Å². The molecule has 0 spiro atoms. The number of amides is 1. The zero-order chi connectivity index (χ0) is 25.2. The fraction of sp³-hybridized carbons (Fsp3) is 0.364. The molecular formula is C22H21F4N3O5S. The number of H-pyrrole nitrogens is 1. The number of fused-ring (bicyclic) bond motifs is 1. The van der Waals surface area contributed by atoms with Gasteiger partial charge in [-0.05, 0) is 42.0 Å². The van der Waals surface area contributed by atoms with Gasteiger partial charge in [-0.3, -0.25) is 14.1 Å². The fourth-order valence-electron chi connectivity index (χ4n) is 3.68. The van der Waals surface area contributed by atoms with Crippen LogP contribution in [0.3, 0.4) is 0 Å². The first-order valence-electron chi connectivity index (χ1n) is 10.6. The highest BCUT2D eigenvalue weighted by atomic mass is 32.2. The summed E-state index contributed by atoms with van der Waals surface area (Å²) in [6, 6.07) is 6.87. The van der Waals surface area contributed by atoms with E-state index in [0.717, 1.165) is 12.1 Å². The first kappa shape index (κ1) is 24.9. The van der Waals surface area contributed by atoms with Crippen molar-refractivity contribution in [3.63, 3.8) is 0 Å². The van der Waals surface area contributed by atoms with Crippen molar-refractivity contribution in [2.45, 2.75) is 17.7 Å². The highest BCUT2D eigenvalue weighted by Gasteiger charge is 2.31. The second kappa shape index (κ2) is 10.2. The first-order chi connectivity index (χ1) is 16.6. The summed E-state index contributed by atoms with van der Waals surface area (Å²) >= 11 is 0. The quantitative estimate of drug-likeness (QED) is 0.506. The van der Waals surface area contributed by atoms with Crippen LogP contribution >= 0.6 is 0 Å². The lowest BCUT2D eigenvalue weighted by molar-refractivity contribution is -0.137. The molecule has 13 heteroatoms. The van der Waals surface area contributed by atoms with Crippen molar-refractivity contribution in [2.24, 2.45) is 0 Å². The van der Waals surface area contributed by atoms with Crippen LogP contribution in [-0.4, -0.2) is 63.6 Å². The second-order valence-electron chi connectivity index (χ2n) is 7.95. The van der Waals surface area contributed by atoms with Gasteiger partial charge in [0.25, 0.3) is 0 Å². The molecule has 0 aliphatic carbocycles. The summed E-state index contributed by atoms with van der Waals surface area (Å²) in [6.07, 6.45) is -5.40. The normalized spacial score (nSPS) is 15.9. The maximum Gasteiger partial charge on any atom is 0.417 e. The van der Waals surface area contributed by atoms with Gasteiger partial charge in [-0.15, -0.1) is 0 Å². The number of nitrogens with zero attached hydrogens (tertiary/aromatic N) is 2. The summed E-state index contributed by atoms with van der Waals surface area (Å²) < 4.78 is 74.6. The predicted molar refractivity (Wildman–Crippen MR) is 118 cm³/mol. The van der Waals surface area contributed by atoms with E-state index >= 15 is 0 Å². The minimum absolute atomic E-state index is 0.0936. The summed E-state index contributed by atoms with van der Waals surface area (Å²) in [4.78, 5) is 30.0. The van der Waals surface area contributed by atoms with Crippen molar-refractivity contribution < 1.29 is 35.7 Å². The molecule has 35 heavy (non-hydrogen) atoms. The van der Waals surface area contributed by atoms with Gasteiger partial charge in [0.15, 0.2) is 5.58 Å². The zero-order valence-corrected chi connectivity index (χ0v) is 19.1. The van der Waals surface area contributed by atoms with Gasteiger partial charge < -0.3 is 14.1 Å². The minimum Gasteiger partial charge on any atom is -0.445 e. The molecule has 1 N–H and O–H groups in total. The third-order valence-corrected chi connectivity index (χ3v) is 6.86. The number of carbonyl (C=O) groups is 1. The molecule has 2 aromatic carbocycles. The number of alkyl halides is 3. The Bertz CT molecular complexity index is 1300. The van der Waals surface area contributed by atoms with Crippen LogP contribution in [0, 0.1) is 5.82 Å². The molecule has 2 heterocycles. The van der Waals surface area contributed by atoms with Crippen LogP contribution < -0.4 is 5.76 Å². The third-order valence-electron chi connectivity index (χ3n) is 5.53. The van der Waals surface area contributed by atoms with Crippen LogP contribution in [0.4, 0.5) is 22.4 Å². The first-order valence-corrected chi connectivity index (χ1v) is 11.9. The maximum absolute atomic E-state index is 13.5. The van der Waals surface area contributed by atoms with E-state index in [1.165, 1.54) is 4.90 Å². The van der Waals surface area contributed by atoms with Gasteiger partial charge >= 0.3 is 18.0 Å². The number of piperazine rings is 1. The van der Waals surface area contributed by atoms with E-state index < -0.39 is 46.8 Å². The molecule has 188 valence electrons. The number of hydrogen-bond acceptors (Lipinski definition) is 6. The van der Waals surface area contributed by atoms with E-state index in [1.54, 1.807) is 18.2 Å². The number of aromatic amines is 1. The minimum atomic E-state index is -4.70. The molecule has 1 unspecified atom stereocenters. The van der Waals surface area contributed by atoms with Crippen molar-refractivity contribution in [1.29, 1.82) is 0 Å². The molecule has 1 saturated heterocycles. The van der Waals surface area contributed by atoms with Crippen molar-refractivity contribution in [1.82, 2.24) is 14.8 Å². The number of oxazole rings is 1. The predicted octanol–water partition coefficient (Wildman–Crippen LogP) is 3.34. The molecule has 1 atom stereocenters. The summed E-state index contributed by atoms with van der Waals surface area (Å²) in [7, 11) is -1.32. The molecule has 1 aliphatic rings. The van der Waals surface area contributed by atoms with Crippen LogP contribution in [0.2, 0.25) is 0 Å². The summed E-state index contributed by atoms with van der Waals surface area (Å²) in [5.41, 5.74) is -0.381. The van der Waals surface area contributed by atoms with Crippen molar-refractivity contribution in [3.8, 4) is 0 Å². The number of aromatic nitrogens is 1. The molecule has 1 amide bonds. The van der Waals surface area contributed by atoms with Gasteiger partial charge in [0.2, 0.25) is 0 Å². The number of ether oxygens (including phenoxy) is 1. The monoisotopic (exact) mass is 515 g/mol. The third kappa shape index (κ3) is 6.28. The van der Waals surface area contributed by atoms with Crippen LogP contribution in [-0.2, 0) is 28.3 Å². The number of hydrogen-bond donors (Lipinski definition) is 1. The van der Waals surface area contributed by atoms with E-state index in [2.05, 4.69) is 4.98 Å². The molecule has 0 bridgehead atoms. The largest absolute Gasteiger partial charge is 0.445 e. The molecule has 0 saturated carbocycles. The fourth-order valence-corrected chi connectivity index (χ4v) is 4.80. The van der Waals surface area contributed by atoms with Gasteiger partial charge in [-0.1, -0.05) is 0 Å². The second-order valence-corrected chi connectivity index (χ2v) is 9.52. The molecule has 8 nitrogen and oxygen atoms in total. The summed E-state index contributed by atoms with van der Waals surface area (Å²) in [6.45, 7) is 1.66. The Hall–Kier alpha value is -3.19. The highest BCUT2D eigenvalue weighted by molar-refractivity contribution is 7.85. The average Bonchev–Trinajstić information content (AvgIpc) is 3.19. The average molecular weight is 515 g/mol. The van der Waals surface area contributed by atoms with Crippen molar-refractivity contribution in [3.05, 3.63) is 63.9 Å². The molecule has 1 aliphatic heterocycles. The maximum atomic E-state index is 13.5. The van der Waals surface area contributed by atoms with Gasteiger partial charge in [-0.2, -0.15) is 13.2 Å². The standard InChI is InChI=1S/C22H21F4N3O5S/c23-16-10-14(9-15(11-16)22(24,25)26)13-33-21(31)29-5-3-28(4-6-29)7-8-35(32)17-1-2-18-19(12-17)34-20(30)27-18/h1-2,9-12H,3-8,13H2,(H,27,30). The Balaban J connectivity index is 1.23. The van der Waals surface area contributed by atoms with Crippen LogP contribution in [0.1, 0.15) is 11.1 Å². The number of benzene rings is 2. The Morgan fingerprint density at radius 3 is 2.57 bits per heavy atom. The summed E-state index contributed by atoms with van der Waals surface area (Å²) in [5, 5.41) is 0. The zero-order valence-electron chi connectivity index (χ0n) is 18.3. The van der Waals surface area contributed by atoms with Crippen LogP contribution in [0.25, 0.3) is 11.1 Å². The van der Waals surface area contributed by atoms with Gasteiger partial charge in [0.1, 0.15) is 12.4 Å². The highest BCUT2D eigenvalue weighted by Crippen LogP contribution is 2.30. The number of halogens is 4. The van der Waals surface area contributed by atoms with Gasteiger partial charge in [0.05, 0.1) is 21.9 Å². The number of carbonyl (C=O) groups excluding carboxylic acids is 1. The van der Waals surface area contributed by atoms with Crippen molar-refractivity contribution >= 4 is 28.0 Å². The Morgan fingerprint density at radius 1 is 1.11 bits per heavy atom. The molecule has 4 rings (SSSR count). The smallest absolute Gasteiger partial charge is 0.417 e. The molecular weight excluding hydrogens is 494 g/mol. The lowest BCUT2D eigenvalue weighted by Gasteiger charge is -2.33. The van der Waals surface area contributed by atoms with E-state index in [0.29, 0.717) is 60.5 Å². The van der Waals surface area contributed by atoms with E-state index in [9.17, 15) is 31.4 Å². The van der Waals surface area contributed by atoms with Crippen LogP contribution in [0.5, 0.6) is 0 Å². The lowest BCUT2D eigenvalue weighted by Crippen LogP contribution is -2.49. The Kier molecular flexibility index (Phi) is 7.26. The van der Waals surface area contributed by atoms with Crippen molar-refractivity contribution in [2.75, 3.05) is 38.5 Å². The lowest BCUT2D eigenvalue weighted by atomic mass is 10.1. The molecule has 0 radical (unpaired) electrons. The Morgan fingerprint density at radius 2 is 1.86 bits per heavy atom. The summed E-state index contributed by atoms with van der Waals surface area (Å²) in [5.74, 6) is -1.30. The SMILES string of the molecule is O=C(OCc1cc(F)cc(C(F)(F)F)c1)N1CCN(CCS(=O)c2ccc3[nH]c(=O)oc3c2)CC1. The van der Waals surface area contributed by atoms with E-state index in [-0.39, 0.29) is 5.56 Å². The molecule has 1 aromatic heterocycles. The topological polar surface area (TPSA) is 95.9 Å². The van der Waals surface area contributed by atoms with Gasteiger partial charge in [0, 0.05) is 43.4 Å². The molecule has 1 fully saturated rings. The number of rotatable bonds is 6.